The molecule has 0 saturated carbocycles. The van der Waals surface area contributed by atoms with Gasteiger partial charge in [0.25, 0.3) is 0 Å². The molecule has 0 aliphatic carbocycles. The van der Waals surface area contributed by atoms with Crippen molar-refractivity contribution in [1.29, 1.82) is 0 Å². The molecular formula is C27H36O6S2. The predicted molar refractivity (Wildman–Crippen MR) is 144 cm³/mol. The Bertz CT molecular complexity index is 916. The predicted octanol–water partition coefficient (Wildman–Crippen LogP) is 4.74. The van der Waals surface area contributed by atoms with Crippen LogP contribution in [-0.4, -0.2) is 44.9 Å². The van der Waals surface area contributed by atoms with Crippen molar-refractivity contribution in [3.63, 3.8) is 0 Å². The maximum Gasteiger partial charge on any atom is 0.312 e. The van der Waals surface area contributed by atoms with Crippen molar-refractivity contribution in [3.05, 3.63) is 59.7 Å². The summed E-state index contributed by atoms with van der Waals surface area (Å²) >= 11 is 8.57. The number of hydrogen-bond acceptors (Lipinski definition) is 8. The van der Waals surface area contributed by atoms with Gasteiger partial charge in [-0.05, 0) is 48.2 Å². The summed E-state index contributed by atoms with van der Waals surface area (Å²) in [7, 11) is 0. The van der Waals surface area contributed by atoms with Crippen LogP contribution in [0.25, 0.3) is 0 Å². The van der Waals surface area contributed by atoms with Crippen molar-refractivity contribution >= 4 is 37.2 Å². The van der Waals surface area contributed by atoms with Crippen molar-refractivity contribution in [2.45, 2.75) is 81.5 Å². The summed E-state index contributed by atoms with van der Waals surface area (Å²) in [6.07, 6.45) is -0.325. The van der Waals surface area contributed by atoms with E-state index in [1.165, 1.54) is 0 Å². The largest absolute Gasteiger partial charge is 0.426 e. The van der Waals surface area contributed by atoms with E-state index in [1.807, 2.05) is 52.0 Å². The fourth-order valence-corrected chi connectivity index (χ4v) is 4.29. The lowest BCUT2D eigenvalue weighted by atomic mass is 9.78. The molecule has 0 aliphatic heterocycles. The van der Waals surface area contributed by atoms with E-state index in [1.54, 1.807) is 24.3 Å². The Hall–Kier alpha value is -2.00. The van der Waals surface area contributed by atoms with E-state index < -0.39 is 40.1 Å². The first-order chi connectivity index (χ1) is 16.5. The number of carbonyl (C=O) groups excluding carboxylic acids is 2. The van der Waals surface area contributed by atoms with Gasteiger partial charge in [0.1, 0.15) is 11.5 Å². The fourth-order valence-electron chi connectivity index (χ4n) is 3.57. The van der Waals surface area contributed by atoms with E-state index in [4.69, 9.17) is 9.47 Å². The Morgan fingerprint density at radius 1 is 0.800 bits per heavy atom. The number of ether oxygens (including phenoxy) is 2. The van der Waals surface area contributed by atoms with Crippen LogP contribution in [0.5, 0.6) is 11.5 Å². The van der Waals surface area contributed by atoms with E-state index in [9.17, 15) is 19.8 Å². The van der Waals surface area contributed by atoms with Crippen molar-refractivity contribution in [3.8, 4) is 11.5 Å². The average Bonchev–Trinajstić information content (AvgIpc) is 2.82. The summed E-state index contributed by atoms with van der Waals surface area (Å²) in [5.41, 5.74) is 1.33. The summed E-state index contributed by atoms with van der Waals surface area (Å²) in [4.78, 5) is 24.6. The van der Waals surface area contributed by atoms with E-state index in [0.29, 0.717) is 24.3 Å². The normalized spacial score (nSPS) is 15.1. The number of aliphatic hydroxyl groups excluding tert-OH is 2. The number of carbonyl (C=O) groups is 2. The van der Waals surface area contributed by atoms with Gasteiger partial charge in [-0.1, -0.05) is 52.0 Å². The van der Waals surface area contributed by atoms with Gasteiger partial charge in [0, 0.05) is 15.9 Å². The average molecular weight is 521 g/mol. The molecule has 2 rings (SSSR count). The SMILES string of the molecule is CCC(O)C(S)CC(=O)Oc1cccc(C(C)(C)c2cccc(OC(=O)CC(S)C(O)CC)c2)c1. The van der Waals surface area contributed by atoms with E-state index in [-0.39, 0.29) is 12.8 Å². The molecule has 4 unspecified atom stereocenters. The fraction of sp³-hybridized carbons (Fsp3) is 0.481. The van der Waals surface area contributed by atoms with Crippen molar-refractivity contribution < 1.29 is 29.3 Å². The summed E-state index contributed by atoms with van der Waals surface area (Å²) in [5, 5.41) is 18.7. The molecule has 192 valence electrons. The zero-order chi connectivity index (χ0) is 26.2. The third-order valence-corrected chi connectivity index (χ3v) is 7.10. The van der Waals surface area contributed by atoms with Crippen molar-refractivity contribution in [1.82, 2.24) is 0 Å². The van der Waals surface area contributed by atoms with Gasteiger partial charge in [0.2, 0.25) is 0 Å². The molecule has 2 aromatic rings. The van der Waals surface area contributed by atoms with Crippen molar-refractivity contribution in [2.24, 2.45) is 0 Å². The molecular weight excluding hydrogens is 484 g/mol. The molecule has 0 radical (unpaired) electrons. The van der Waals surface area contributed by atoms with Crippen LogP contribution in [0.1, 0.15) is 64.5 Å². The Labute approximate surface area is 218 Å². The molecule has 2 N–H and O–H groups in total. The standard InChI is InChI=1S/C27H36O6S2/c1-5-21(28)23(34)15-25(30)32-19-11-7-9-17(13-19)27(3,4)18-10-8-12-20(14-18)33-26(31)16-24(35)22(29)6-2/h7-14,21-24,28-29,34-35H,5-6,15-16H2,1-4H3. The first kappa shape index (κ1) is 29.2. The molecule has 0 amide bonds. The molecule has 0 aromatic heterocycles. The lowest BCUT2D eigenvalue weighted by Crippen LogP contribution is -2.25. The second-order valence-electron chi connectivity index (χ2n) is 9.12. The summed E-state index contributed by atoms with van der Waals surface area (Å²) in [5.74, 6) is -0.109. The Morgan fingerprint density at radius 2 is 1.17 bits per heavy atom. The molecule has 4 atom stereocenters. The van der Waals surface area contributed by atoms with Gasteiger partial charge < -0.3 is 19.7 Å². The van der Waals surface area contributed by atoms with Crippen LogP contribution in [0, 0.1) is 0 Å². The van der Waals surface area contributed by atoms with E-state index in [2.05, 4.69) is 25.3 Å². The molecule has 0 heterocycles. The Kier molecular flexibility index (Phi) is 11.1. The number of aliphatic hydroxyl groups is 2. The first-order valence-electron chi connectivity index (χ1n) is 11.8. The van der Waals surface area contributed by atoms with Gasteiger partial charge in [0.15, 0.2) is 0 Å². The van der Waals surface area contributed by atoms with Crippen LogP contribution in [0.15, 0.2) is 48.5 Å². The topological polar surface area (TPSA) is 93.1 Å². The molecule has 0 fully saturated rings. The second kappa shape index (κ2) is 13.3. The molecule has 8 heteroatoms. The van der Waals surface area contributed by atoms with Gasteiger partial charge in [-0.15, -0.1) is 0 Å². The van der Waals surface area contributed by atoms with Crippen LogP contribution in [-0.2, 0) is 15.0 Å². The van der Waals surface area contributed by atoms with Gasteiger partial charge in [-0.25, -0.2) is 0 Å². The maximum absolute atomic E-state index is 12.3. The zero-order valence-corrected chi connectivity index (χ0v) is 22.5. The summed E-state index contributed by atoms with van der Waals surface area (Å²) < 4.78 is 11.0. The first-order valence-corrected chi connectivity index (χ1v) is 12.9. The van der Waals surface area contributed by atoms with Gasteiger partial charge in [-0.2, -0.15) is 25.3 Å². The highest BCUT2D eigenvalue weighted by Gasteiger charge is 2.26. The van der Waals surface area contributed by atoms with Crippen molar-refractivity contribution in [2.75, 3.05) is 0 Å². The lowest BCUT2D eigenvalue weighted by Gasteiger charge is -2.27. The molecule has 0 bridgehead atoms. The highest BCUT2D eigenvalue weighted by molar-refractivity contribution is 7.81. The molecule has 0 aliphatic rings. The molecule has 2 aromatic carbocycles. The number of hydrogen-bond donors (Lipinski definition) is 4. The number of thiol groups is 2. The summed E-state index contributed by atoms with van der Waals surface area (Å²) in [6, 6.07) is 14.5. The van der Waals surface area contributed by atoms with E-state index in [0.717, 1.165) is 11.1 Å². The van der Waals surface area contributed by atoms with Crippen LogP contribution in [0.4, 0.5) is 0 Å². The quantitative estimate of drug-likeness (QED) is 0.184. The third-order valence-electron chi connectivity index (χ3n) is 6.05. The number of benzene rings is 2. The molecule has 0 saturated heterocycles. The van der Waals surface area contributed by atoms with Crippen LogP contribution in [0.3, 0.4) is 0 Å². The highest BCUT2D eigenvalue weighted by atomic mass is 32.1. The van der Waals surface area contributed by atoms with Crippen LogP contribution in [0.2, 0.25) is 0 Å². The van der Waals surface area contributed by atoms with Crippen LogP contribution < -0.4 is 9.47 Å². The summed E-state index contributed by atoms with van der Waals surface area (Å²) in [6.45, 7) is 7.71. The lowest BCUT2D eigenvalue weighted by molar-refractivity contribution is -0.135. The number of esters is 2. The smallest absolute Gasteiger partial charge is 0.312 e. The number of rotatable bonds is 12. The Morgan fingerprint density at radius 3 is 1.51 bits per heavy atom. The highest BCUT2D eigenvalue weighted by Crippen LogP contribution is 2.35. The molecule has 0 spiro atoms. The van der Waals surface area contributed by atoms with Gasteiger partial charge >= 0.3 is 11.9 Å². The Balaban J connectivity index is 2.13. The minimum atomic E-state index is -0.673. The molecule has 6 nitrogen and oxygen atoms in total. The second-order valence-corrected chi connectivity index (χ2v) is 10.4. The van der Waals surface area contributed by atoms with Gasteiger partial charge in [-0.3, -0.25) is 9.59 Å². The van der Waals surface area contributed by atoms with E-state index >= 15 is 0 Å². The minimum absolute atomic E-state index is 0.00156. The third kappa shape index (κ3) is 8.56. The zero-order valence-electron chi connectivity index (χ0n) is 20.7. The monoisotopic (exact) mass is 520 g/mol. The minimum Gasteiger partial charge on any atom is -0.426 e. The maximum atomic E-state index is 12.3. The van der Waals surface area contributed by atoms with Gasteiger partial charge in [0.05, 0.1) is 25.0 Å². The van der Waals surface area contributed by atoms with Crippen LogP contribution >= 0.6 is 25.3 Å². The molecule has 35 heavy (non-hydrogen) atoms.